The zero-order valence-corrected chi connectivity index (χ0v) is 13.4. The highest BCUT2D eigenvalue weighted by Gasteiger charge is 2.28. The largest absolute Gasteiger partial charge is 0.387 e. The van der Waals surface area contributed by atoms with Crippen molar-refractivity contribution < 1.29 is 8.42 Å². The number of nitrogens with two attached hydrogens (primary N) is 1. The molecule has 2 heterocycles. The molecule has 2 aliphatic rings. The predicted octanol–water partition coefficient (Wildman–Crippen LogP) is 0.0972. The van der Waals surface area contributed by atoms with Crippen molar-refractivity contribution in [2.45, 2.75) is 44.6 Å². The molecule has 7 nitrogen and oxygen atoms in total. The van der Waals surface area contributed by atoms with E-state index in [0.29, 0.717) is 19.6 Å². The van der Waals surface area contributed by atoms with Crippen LogP contribution in [0.25, 0.3) is 0 Å². The molecular formula is C13H27N5O2S. The van der Waals surface area contributed by atoms with Gasteiger partial charge in [-0.1, -0.05) is 12.8 Å². The minimum atomic E-state index is -3.35. The van der Waals surface area contributed by atoms with E-state index in [1.54, 1.807) is 4.31 Å². The van der Waals surface area contributed by atoms with Crippen LogP contribution in [0.2, 0.25) is 0 Å². The molecular weight excluding hydrogens is 290 g/mol. The average molecular weight is 317 g/mol. The predicted molar refractivity (Wildman–Crippen MR) is 83.5 cm³/mol. The van der Waals surface area contributed by atoms with E-state index in [1.807, 2.05) is 0 Å². The van der Waals surface area contributed by atoms with Crippen LogP contribution < -0.4 is 10.5 Å². The van der Waals surface area contributed by atoms with E-state index in [0.717, 1.165) is 51.6 Å². The maximum Gasteiger partial charge on any atom is 0.279 e. The molecule has 4 N–H and O–H groups in total. The van der Waals surface area contributed by atoms with Gasteiger partial charge in [-0.05, 0) is 25.7 Å². The zero-order chi connectivity index (χ0) is 15.3. The van der Waals surface area contributed by atoms with Gasteiger partial charge in [-0.25, -0.2) is 0 Å². The van der Waals surface area contributed by atoms with Crippen molar-refractivity contribution >= 4 is 16.0 Å². The zero-order valence-electron chi connectivity index (χ0n) is 12.6. The highest BCUT2D eigenvalue weighted by molar-refractivity contribution is 7.87. The molecule has 0 radical (unpaired) electrons. The van der Waals surface area contributed by atoms with Gasteiger partial charge in [-0.15, -0.1) is 0 Å². The Morgan fingerprint density at radius 1 is 1.10 bits per heavy atom. The molecule has 0 aliphatic carbocycles. The second-order valence-electron chi connectivity index (χ2n) is 6.01. The fourth-order valence-electron chi connectivity index (χ4n) is 3.02. The quantitative estimate of drug-likeness (QED) is 0.494. The minimum absolute atomic E-state index is 0.00135. The van der Waals surface area contributed by atoms with Gasteiger partial charge in [0, 0.05) is 32.2 Å². The van der Waals surface area contributed by atoms with Crippen LogP contribution in [0.5, 0.6) is 0 Å². The average Bonchev–Trinajstić information content (AvgIpc) is 2.69. The molecule has 0 spiro atoms. The lowest BCUT2D eigenvalue weighted by molar-refractivity contribution is 0.229. The summed E-state index contributed by atoms with van der Waals surface area (Å²) in [4.78, 5) is 2.10. The Balaban J connectivity index is 1.82. The van der Waals surface area contributed by atoms with Gasteiger partial charge in [0.25, 0.3) is 10.2 Å². The number of piperidine rings is 1. The first-order valence-electron chi connectivity index (χ1n) is 7.80. The van der Waals surface area contributed by atoms with Gasteiger partial charge in [0.2, 0.25) is 0 Å². The second-order valence-corrected chi connectivity index (χ2v) is 7.71. The molecule has 0 unspecified atom stereocenters. The van der Waals surface area contributed by atoms with E-state index in [-0.39, 0.29) is 11.9 Å². The first kappa shape index (κ1) is 16.7. The van der Waals surface area contributed by atoms with E-state index >= 15 is 0 Å². The standard InChI is InChI=1S/C13H27N5O2S/c14-13(15)11-17-9-5-12(6-10-17)16-21(19,20)18-7-3-1-2-4-8-18/h12,16H,1-11H2,(H3,14,15). The SMILES string of the molecule is N=C(N)CN1CCC(NS(=O)(=O)N2CCCCCC2)CC1. The fourth-order valence-corrected chi connectivity index (χ4v) is 4.56. The van der Waals surface area contributed by atoms with Crippen LogP contribution >= 0.6 is 0 Å². The summed E-state index contributed by atoms with van der Waals surface area (Å²) in [6, 6.07) is 0.00135. The molecule has 0 amide bonds. The van der Waals surface area contributed by atoms with Gasteiger partial charge in [-0.3, -0.25) is 10.3 Å². The van der Waals surface area contributed by atoms with Gasteiger partial charge in [-0.2, -0.15) is 17.4 Å². The number of likely N-dealkylation sites (tertiary alicyclic amines) is 1. The van der Waals surface area contributed by atoms with Crippen LogP contribution in [0.4, 0.5) is 0 Å². The number of rotatable bonds is 5. The van der Waals surface area contributed by atoms with Crippen molar-refractivity contribution in [3.63, 3.8) is 0 Å². The van der Waals surface area contributed by atoms with Crippen molar-refractivity contribution in [3.8, 4) is 0 Å². The first-order chi connectivity index (χ1) is 9.97. The third kappa shape index (κ3) is 5.21. The third-order valence-electron chi connectivity index (χ3n) is 4.20. The molecule has 122 valence electrons. The summed E-state index contributed by atoms with van der Waals surface area (Å²) in [5.74, 6) is 0.165. The first-order valence-corrected chi connectivity index (χ1v) is 9.24. The Bertz CT molecular complexity index is 437. The van der Waals surface area contributed by atoms with Crippen molar-refractivity contribution in [2.24, 2.45) is 5.73 Å². The van der Waals surface area contributed by atoms with Gasteiger partial charge in [0.05, 0.1) is 6.54 Å². The number of nitrogens with zero attached hydrogens (tertiary/aromatic N) is 2. The highest BCUT2D eigenvalue weighted by atomic mass is 32.2. The Kier molecular flexibility index (Phi) is 5.98. The molecule has 0 aromatic carbocycles. The monoisotopic (exact) mass is 317 g/mol. The fraction of sp³-hybridized carbons (Fsp3) is 0.923. The van der Waals surface area contributed by atoms with Crippen molar-refractivity contribution in [2.75, 3.05) is 32.7 Å². The Morgan fingerprint density at radius 2 is 1.67 bits per heavy atom. The third-order valence-corrected chi connectivity index (χ3v) is 5.88. The molecule has 0 aromatic heterocycles. The normalized spacial score (nSPS) is 23.8. The van der Waals surface area contributed by atoms with E-state index in [9.17, 15) is 8.42 Å². The van der Waals surface area contributed by atoms with Crippen LogP contribution in [-0.2, 0) is 10.2 Å². The summed E-state index contributed by atoms with van der Waals surface area (Å²) in [6.07, 6.45) is 5.71. The number of hydrogen-bond acceptors (Lipinski definition) is 4. The number of nitrogens with one attached hydrogen (secondary N) is 2. The summed E-state index contributed by atoms with van der Waals surface area (Å²) in [5, 5.41) is 7.30. The topological polar surface area (TPSA) is 103 Å². The Hall–Kier alpha value is -0.700. The van der Waals surface area contributed by atoms with Crippen LogP contribution in [0.1, 0.15) is 38.5 Å². The molecule has 2 fully saturated rings. The lowest BCUT2D eigenvalue weighted by Gasteiger charge is -2.33. The molecule has 2 saturated heterocycles. The van der Waals surface area contributed by atoms with E-state index in [1.165, 1.54) is 0 Å². The lowest BCUT2D eigenvalue weighted by Crippen LogP contribution is -2.50. The van der Waals surface area contributed by atoms with Crippen LogP contribution in [0.3, 0.4) is 0 Å². The van der Waals surface area contributed by atoms with Gasteiger partial charge in [0.15, 0.2) is 0 Å². The van der Waals surface area contributed by atoms with E-state index in [2.05, 4.69) is 9.62 Å². The van der Waals surface area contributed by atoms with Crippen LogP contribution in [0.15, 0.2) is 0 Å². The molecule has 8 heteroatoms. The molecule has 0 atom stereocenters. The maximum absolute atomic E-state index is 12.4. The summed E-state index contributed by atoms with van der Waals surface area (Å²) in [6.45, 7) is 3.32. The molecule has 0 saturated carbocycles. The van der Waals surface area contributed by atoms with Crippen molar-refractivity contribution in [1.29, 1.82) is 5.41 Å². The van der Waals surface area contributed by atoms with Gasteiger partial charge in [0.1, 0.15) is 5.84 Å². The lowest BCUT2D eigenvalue weighted by atomic mass is 10.1. The number of hydrogen-bond donors (Lipinski definition) is 3. The molecule has 2 aliphatic heterocycles. The highest BCUT2D eigenvalue weighted by Crippen LogP contribution is 2.15. The molecule has 0 aromatic rings. The van der Waals surface area contributed by atoms with E-state index < -0.39 is 10.2 Å². The molecule has 0 bridgehead atoms. The Morgan fingerprint density at radius 3 is 2.19 bits per heavy atom. The summed E-state index contributed by atoms with van der Waals surface area (Å²) in [7, 11) is -3.35. The smallest absolute Gasteiger partial charge is 0.279 e. The minimum Gasteiger partial charge on any atom is -0.387 e. The molecule has 21 heavy (non-hydrogen) atoms. The van der Waals surface area contributed by atoms with Crippen molar-refractivity contribution in [3.05, 3.63) is 0 Å². The summed E-state index contributed by atoms with van der Waals surface area (Å²) in [5.41, 5.74) is 5.40. The van der Waals surface area contributed by atoms with Crippen LogP contribution in [0, 0.1) is 5.41 Å². The second kappa shape index (κ2) is 7.53. The van der Waals surface area contributed by atoms with Gasteiger partial charge >= 0.3 is 0 Å². The van der Waals surface area contributed by atoms with Crippen molar-refractivity contribution in [1.82, 2.24) is 13.9 Å². The summed E-state index contributed by atoms with van der Waals surface area (Å²) < 4.78 is 29.3. The van der Waals surface area contributed by atoms with Gasteiger partial charge < -0.3 is 5.73 Å². The van der Waals surface area contributed by atoms with Crippen LogP contribution in [-0.4, -0.2) is 62.2 Å². The summed E-state index contributed by atoms with van der Waals surface area (Å²) >= 11 is 0. The Labute approximate surface area is 127 Å². The maximum atomic E-state index is 12.4. The van der Waals surface area contributed by atoms with E-state index in [4.69, 9.17) is 11.1 Å². The molecule has 2 rings (SSSR count). The number of amidine groups is 1.